The highest BCUT2D eigenvalue weighted by atomic mass is 35.5. The number of hydrogen-bond acceptors (Lipinski definition) is 23. The molecule has 0 fully saturated rings. The Bertz CT molecular complexity index is 6480. The number of anilines is 12. The summed E-state index contributed by atoms with van der Waals surface area (Å²) in [4.78, 5) is 82.5. The van der Waals surface area contributed by atoms with Crippen molar-refractivity contribution >= 4 is 105 Å². The van der Waals surface area contributed by atoms with E-state index < -0.39 is 0 Å². The molecule has 12 aromatic carbocycles. The van der Waals surface area contributed by atoms with Crippen molar-refractivity contribution in [2.24, 2.45) is 5.73 Å². The molecule has 25 nitrogen and oxygen atoms in total. The standard InChI is InChI=1S/C21H25N5.2C16H12ClN3.2C16H13N3O.C12H11N.C5H6N2OS.C5H14N2/c1-26(2)15-7-13-22-20-12-14-23-21(25-20)24-19-11-6-10-18(16-19)17-8-4-3-5-9-17;2*17-15-9-10-18-16(20-15)19-14-8-4-7-13(11-14)12-5-2-1-3-6-12;2*20-15-9-10-17-16(19-15)18-14-8-4-7-13(11-14)12-5-2-1-3-6-12;13-12-8-4-7-11(9-12)10-5-2-1-3-6-10;1-9-5-6-3-2-4(8)7-5;1-7(2)5-3-4-6/h3-6,8-12,14,16H,7,13,15H2,1-2H3,(H2,22,23,24,25);2*1-11H,(H,18,19,20);2*1-11H,(H2,17,18,19,20);1-9H,13H2;2-3H,1H3,(H,6,7,8);3-6H2,1-2H3. The molecular weight excluding hydrogens is 1740 g/mol. The van der Waals surface area contributed by atoms with Crippen molar-refractivity contribution in [2.45, 2.75) is 18.0 Å². The molecular formula is C107H106Cl2N22O3S. The smallest absolute Gasteiger partial charge is 0.252 e. The highest BCUT2D eigenvalue weighted by molar-refractivity contribution is 7.98. The highest BCUT2D eigenvalue weighted by Gasteiger charge is 2.10. The van der Waals surface area contributed by atoms with Crippen molar-refractivity contribution in [1.29, 1.82) is 0 Å². The van der Waals surface area contributed by atoms with Gasteiger partial charge in [0.25, 0.3) is 16.7 Å². The van der Waals surface area contributed by atoms with Gasteiger partial charge in [-0.15, -0.1) is 0 Å². The van der Waals surface area contributed by atoms with Crippen LogP contribution >= 0.6 is 35.0 Å². The zero-order valence-electron chi connectivity index (χ0n) is 75.3. The summed E-state index contributed by atoms with van der Waals surface area (Å²) in [6, 6.07) is 119. The van der Waals surface area contributed by atoms with Crippen LogP contribution in [0.5, 0.6) is 0 Å². The first-order valence-electron chi connectivity index (χ1n) is 43.2. The second-order valence-electron chi connectivity index (χ2n) is 30.1. The van der Waals surface area contributed by atoms with E-state index in [-0.39, 0.29) is 16.7 Å². The van der Waals surface area contributed by atoms with Gasteiger partial charge in [-0.3, -0.25) is 24.4 Å². The zero-order chi connectivity index (χ0) is 94.8. The van der Waals surface area contributed by atoms with Gasteiger partial charge in [0.1, 0.15) is 16.1 Å². The lowest BCUT2D eigenvalue weighted by atomic mass is 10.1. The molecule has 0 aliphatic carbocycles. The van der Waals surface area contributed by atoms with Crippen molar-refractivity contribution in [3.8, 4) is 66.8 Å². The molecule has 0 bridgehead atoms. The number of hydrogen-bond donors (Lipinski definition) is 11. The lowest BCUT2D eigenvalue weighted by molar-refractivity contribution is 0.403. The van der Waals surface area contributed by atoms with Crippen LogP contribution in [0, 0.1) is 0 Å². The second kappa shape index (κ2) is 55.2. The maximum Gasteiger partial charge on any atom is 0.252 e. The summed E-state index contributed by atoms with van der Waals surface area (Å²) in [6.45, 7) is 3.85. The molecule has 13 N–H and O–H groups in total. The fraction of sp³-hybridized carbons (Fsp3) is 0.103. The largest absolute Gasteiger partial charge is 0.399 e. The predicted molar refractivity (Wildman–Crippen MR) is 558 cm³/mol. The van der Waals surface area contributed by atoms with E-state index in [9.17, 15) is 14.4 Å². The van der Waals surface area contributed by atoms with Gasteiger partial charge in [-0.05, 0) is 225 Å². The average Bonchev–Trinajstić information content (AvgIpc) is 0.861. The molecule has 6 heterocycles. The molecule has 28 heteroatoms. The number of H-pyrrole nitrogens is 3. The van der Waals surface area contributed by atoms with E-state index in [1.54, 1.807) is 30.7 Å². The molecule has 18 aromatic rings. The highest BCUT2D eigenvalue weighted by Crippen LogP contribution is 2.30. The number of rotatable bonds is 25. The summed E-state index contributed by atoms with van der Waals surface area (Å²) in [7, 11) is 8.26. The number of aromatic amines is 3. The van der Waals surface area contributed by atoms with Crippen molar-refractivity contribution in [2.75, 3.05) is 98.3 Å². The Morgan fingerprint density at radius 3 is 0.896 bits per heavy atom. The molecule has 135 heavy (non-hydrogen) atoms. The van der Waals surface area contributed by atoms with Gasteiger partial charge in [-0.25, -0.2) is 39.9 Å². The SMILES string of the molecule is CN(C)CCCN.CN(C)CCCNc1ccnc(Nc2cccc(-c3ccccc3)c2)n1.CSc1nccc(=O)[nH]1.Clc1ccnc(Nc2cccc(-c3ccccc3)c2)n1.Clc1ccnc(Nc2cccc(-c3ccccc3)c2)n1.Nc1cccc(-c2ccccc2)c1.O=c1ccnc(Nc2cccc(-c3ccccc3)c2)[nH]1.O=c1ccnc(Nc2cccc(-c3ccccc3)c2)[nH]1. The molecule has 0 unspecified atom stereocenters. The van der Waals surface area contributed by atoms with Crippen LogP contribution in [-0.4, -0.2) is 130 Å². The Hall–Kier alpha value is -16.1. The van der Waals surface area contributed by atoms with E-state index in [4.69, 9.17) is 34.7 Å². The van der Waals surface area contributed by atoms with Crippen molar-refractivity contribution in [1.82, 2.24) is 69.6 Å². The molecule has 0 spiro atoms. The van der Waals surface area contributed by atoms with E-state index in [1.807, 2.05) is 225 Å². The third-order valence-corrected chi connectivity index (χ3v) is 20.1. The molecule has 0 aliphatic heterocycles. The average molecular weight is 1850 g/mol. The van der Waals surface area contributed by atoms with Crippen LogP contribution < -0.4 is 60.0 Å². The van der Waals surface area contributed by atoms with Crippen LogP contribution in [0.15, 0.2) is 421 Å². The fourth-order valence-electron chi connectivity index (χ4n) is 12.7. The van der Waals surface area contributed by atoms with Gasteiger partial charge in [0.05, 0.1) is 0 Å². The Morgan fingerprint density at radius 1 is 0.311 bits per heavy atom. The van der Waals surface area contributed by atoms with Gasteiger partial charge in [0, 0.05) is 96.0 Å². The molecule has 682 valence electrons. The van der Waals surface area contributed by atoms with Gasteiger partial charge in [-0.1, -0.05) is 290 Å². The van der Waals surface area contributed by atoms with Gasteiger partial charge in [0.15, 0.2) is 5.16 Å². The monoisotopic (exact) mass is 1850 g/mol. The number of benzene rings is 12. The summed E-state index contributed by atoms with van der Waals surface area (Å²) < 4.78 is 0. The summed E-state index contributed by atoms with van der Waals surface area (Å²) in [5.41, 5.74) is 29.7. The Kier molecular flexibility index (Phi) is 40.7. The molecule has 0 saturated carbocycles. The predicted octanol–water partition coefficient (Wildman–Crippen LogP) is 23.0. The number of nitrogens with one attached hydrogen (secondary N) is 9. The number of thioether (sulfide) groups is 1. The minimum Gasteiger partial charge on any atom is -0.399 e. The molecule has 6 aromatic heterocycles. The Labute approximate surface area is 800 Å². The van der Waals surface area contributed by atoms with Crippen molar-refractivity contribution in [3.63, 3.8) is 0 Å². The van der Waals surface area contributed by atoms with E-state index in [1.165, 1.54) is 76.4 Å². The van der Waals surface area contributed by atoms with Crippen LogP contribution in [-0.2, 0) is 0 Å². The van der Waals surface area contributed by atoms with Crippen molar-refractivity contribution in [3.05, 3.63) is 443 Å². The summed E-state index contributed by atoms with van der Waals surface area (Å²) in [6.07, 6.45) is 13.5. The Morgan fingerprint density at radius 2 is 0.600 bits per heavy atom. The third-order valence-electron chi connectivity index (χ3n) is 19.1. The minimum absolute atomic E-state index is 0.102. The van der Waals surface area contributed by atoms with Crippen LogP contribution in [0.1, 0.15) is 12.8 Å². The van der Waals surface area contributed by atoms with Crippen LogP contribution in [0.4, 0.5) is 69.7 Å². The van der Waals surface area contributed by atoms with Crippen molar-refractivity contribution < 1.29 is 0 Å². The first kappa shape index (κ1) is 99.5. The number of halogens is 2. The summed E-state index contributed by atoms with van der Waals surface area (Å²) in [5, 5.41) is 20.6. The van der Waals surface area contributed by atoms with Gasteiger partial charge >= 0.3 is 0 Å². The molecule has 0 aliphatic rings. The maximum absolute atomic E-state index is 11.2. The number of nitrogen functional groups attached to an aromatic ring is 1. The van der Waals surface area contributed by atoms with E-state index in [0.717, 1.165) is 118 Å². The van der Waals surface area contributed by atoms with E-state index in [0.29, 0.717) is 45.2 Å². The lowest BCUT2D eigenvalue weighted by Gasteiger charge is -2.11. The first-order valence-corrected chi connectivity index (χ1v) is 45.2. The summed E-state index contributed by atoms with van der Waals surface area (Å²) in [5.74, 6) is 3.27. The zero-order valence-corrected chi connectivity index (χ0v) is 77.6. The molecule has 0 radical (unpaired) electrons. The second-order valence-corrected chi connectivity index (χ2v) is 31.6. The topological polar surface area (TPSA) is 345 Å². The normalized spacial score (nSPS) is 10.2. The fourth-order valence-corrected chi connectivity index (χ4v) is 13.3. The number of aromatic nitrogens is 12. The lowest BCUT2D eigenvalue weighted by Crippen LogP contribution is -2.16. The molecule has 0 atom stereocenters. The van der Waals surface area contributed by atoms with Crippen LogP contribution in [0.3, 0.4) is 0 Å². The quantitative estimate of drug-likeness (QED) is 0.00832. The van der Waals surface area contributed by atoms with Gasteiger partial charge in [-0.2, -0.15) is 4.98 Å². The van der Waals surface area contributed by atoms with Gasteiger partial charge in [0.2, 0.25) is 29.7 Å². The third kappa shape index (κ3) is 36.3. The van der Waals surface area contributed by atoms with Gasteiger partial charge < -0.3 is 58.2 Å². The summed E-state index contributed by atoms with van der Waals surface area (Å²) >= 11 is 13.1. The van der Waals surface area contributed by atoms with E-state index in [2.05, 4.69) is 245 Å². The first-order chi connectivity index (χ1) is 65.9. The van der Waals surface area contributed by atoms with E-state index >= 15 is 0 Å². The molecule has 0 amide bonds. The van der Waals surface area contributed by atoms with Crippen LogP contribution in [0.25, 0.3) is 66.8 Å². The molecule has 0 saturated heterocycles. The maximum atomic E-state index is 11.2. The van der Waals surface area contributed by atoms with Crippen LogP contribution in [0.2, 0.25) is 10.3 Å². The Balaban J connectivity index is 0.000000152. The number of nitrogens with zero attached hydrogens (tertiary/aromatic N) is 11. The number of nitrogens with two attached hydrogens (primary N) is 2. The minimum atomic E-state index is -0.179. The molecule has 18 rings (SSSR count).